The van der Waals surface area contributed by atoms with Gasteiger partial charge in [0.25, 0.3) is 11.8 Å². The minimum atomic E-state index is -0.811. The number of nitrogens with one attached hydrogen (secondary N) is 2. The predicted octanol–water partition coefficient (Wildman–Crippen LogP) is 5.06. The third kappa shape index (κ3) is 9.34. The van der Waals surface area contributed by atoms with E-state index in [1.807, 2.05) is 73.3 Å². The molecule has 0 aliphatic carbocycles. The molecule has 0 spiro atoms. The molecule has 0 unspecified atom stereocenters. The first-order valence-corrected chi connectivity index (χ1v) is 14.0. The van der Waals surface area contributed by atoms with Crippen LogP contribution in [0.5, 0.6) is 0 Å². The van der Waals surface area contributed by atoms with Gasteiger partial charge in [-0.3, -0.25) is 9.59 Å². The number of carbonyl (C=O) groups excluding carboxylic acids is 2. The van der Waals surface area contributed by atoms with Crippen LogP contribution in [0.1, 0.15) is 69.7 Å². The SMILES string of the molecule is CCCN(CCC)C(=O)c1cc(C)cc(C(=O)N[C@@H](Cc2cccc(C)c2)[C@H](O)CNCc2ccccc2)c1. The standard InChI is InChI=1S/C33H43N3O3/c1-5-15-36(16-6-2)33(39)29-19-25(4)18-28(21-29)32(38)35-30(20-27-14-10-11-24(3)17-27)31(37)23-34-22-26-12-8-7-9-13-26/h7-14,17-19,21,30-31,34,37H,5-6,15-16,20,22-23H2,1-4H3,(H,35,38)/t30-,31+/m0/s1. The van der Waals surface area contributed by atoms with E-state index in [9.17, 15) is 14.7 Å². The lowest BCUT2D eigenvalue weighted by Gasteiger charge is -2.25. The fourth-order valence-corrected chi connectivity index (χ4v) is 4.81. The van der Waals surface area contributed by atoms with Gasteiger partial charge < -0.3 is 20.6 Å². The first-order chi connectivity index (χ1) is 18.8. The summed E-state index contributed by atoms with van der Waals surface area (Å²) in [5, 5.41) is 17.5. The van der Waals surface area contributed by atoms with Crippen LogP contribution in [0.2, 0.25) is 0 Å². The van der Waals surface area contributed by atoms with E-state index in [2.05, 4.69) is 30.5 Å². The summed E-state index contributed by atoms with van der Waals surface area (Å²) >= 11 is 0. The molecule has 0 fully saturated rings. The summed E-state index contributed by atoms with van der Waals surface area (Å²) in [4.78, 5) is 28.6. The van der Waals surface area contributed by atoms with Crippen LogP contribution >= 0.6 is 0 Å². The fraction of sp³-hybridized carbons (Fsp3) is 0.394. The van der Waals surface area contributed by atoms with Gasteiger partial charge in [0.15, 0.2) is 0 Å². The van der Waals surface area contributed by atoms with Crippen molar-refractivity contribution in [2.75, 3.05) is 19.6 Å². The zero-order chi connectivity index (χ0) is 28.2. The Bertz CT molecular complexity index is 1210. The molecule has 0 aliphatic rings. The Morgan fingerprint density at radius 2 is 1.49 bits per heavy atom. The van der Waals surface area contributed by atoms with E-state index in [0.29, 0.717) is 43.7 Å². The van der Waals surface area contributed by atoms with Crippen molar-refractivity contribution in [3.05, 3.63) is 106 Å². The molecular formula is C33H43N3O3. The molecule has 39 heavy (non-hydrogen) atoms. The second-order valence-corrected chi connectivity index (χ2v) is 10.3. The molecule has 2 amide bonds. The van der Waals surface area contributed by atoms with E-state index in [0.717, 1.165) is 35.1 Å². The monoisotopic (exact) mass is 529 g/mol. The van der Waals surface area contributed by atoms with Crippen LogP contribution in [0, 0.1) is 13.8 Å². The third-order valence-electron chi connectivity index (χ3n) is 6.71. The molecule has 0 aliphatic heterocycles. The van der Waals surface area contributed by atoms with Crippen LogP contribution in [-0.2, 0) is 13.0 Å². The summed E-state index contributed by atoms with van der Waals surface area (Å²) in [5.74, 6) is -0.358. The molecular weight excluding hydrogens is 486 g/mol. The van der Waals surface area contributed by atoms with Crippen molar-refractivity contribution < 1.29 is 14.7 Å². The Hall–Kier alpha value is -3.48. The Kier molecular flexibility index (Phi) is 11.7. The average molecular weight is 530 g/mol. The van der Waals surface area contributed by atoms with E-state index < -0.39 is 12.1 Å². The number of hydrogen-bond donors (Lipinski definition) is 3. The maximum atomic E-state index is 13.5. The Morgan fingerprint density at radius 1 is 0.821 bits per heavy atom. The number of carbonyl (C=O) groups is 2. The van der Waals surface area contributed by atoms with Gasteiger partial charge in [0, 0.05) is 37.3 Å². The molecule has 0 radical (unpaired) electrons. The van der Waals surface area contributed by atoms with Crippen molar-refractivity contribution in [3.63, 3.8) is 0 Å². The van der Waals surface area contributed by atoms with Crippen molar-refractivity contribution >= 4 is 11.8 Å². The van der Waals surface area contributed by atoms with Crippen LogP contribution in [0.4, 0.5) is 0 Å². The molecule has 2 atom stereocenters. The normalized spacial score (nSPS) is 12.5. The molecule has 0 bridgehead atoms. The molecule has 0 saturated heterocycles. The predicted molar refractivity (Wildman–Crippen MR) is 158 cm³/mol. The van der Waals surface area contributed by atoms with Gasteiger partial charge in [-0.25, -0.2) is 0 Å². The molecule has 3 rings (SSSR count). The topological polar surface area (TPSA) is 81.7 Å². The van der Waals surface area contributed by atoms with Crippen LogP contribution < -0.4 is 10.6 Å². The minimum absolute atomic E-state index is 0.0575. The highest BCUT2D eigenvalue weighted by atomic mass is 16.3. The second-order valence-electron chi connectivity index (χ2n) is 10.3. The van der Waals surface area contributed by atoms with E-state index in [-0.39, 0.29) is 11.8 Å². The first-order valence-electron chi connectivity index (χ1n) is 14.0. The highest BCUT2D eigenvalue weighted by molar-refractivity contribution is 6.00. The molecule has 0 aromatic heterocycles. The first kappa shape index (κ1) is 30.1. The van der Waals surface area contributed by atoms with Crippen molar-refractivity contribution in [2.45, 2.75) is 65.6 Å². The summed E-state index contributed by atoms with van der Waals surface area (Å²) in [6.07, 6.45) is 1.43. The van der Waals surface area contributed by atoms with Crippen LogP contribution in [0.15, 0.2) is 72.8 Å². The number of aliphatic hydroxyl groups excluding tert-OH is 1. The van der Waals surface area contributed by atoms with Crippen LogP contribution in [0.25, 0.3) is 0 Å². The average Bonchev–Trinajstić information content (AvgIpc) is 2.92. The fourth-order valence-electron chi connectivity index (χ4n) is 4.81. The summed E-state index contributed by atoms with van der Waals surface area (Å²) in [6, 6.07) is 22.9. The van der Waals surface area contributed by atoms with Crippen molar-refractivity contribution in [1.29, 1.82) is 0 Å². The largest absolute Gasteiger partial charge is 0.390 e. The number of nitrogens with zero attached hydrogens (tertiary/aromatic N) is 1. The quantitative estimate of drug-likeness (QED) is 0.273. The van der Waals surface area contributed by atoms with Gasteiger partial charge in [0.1, 0.15) is 0 Å². The van der Waals surface area contributed by atoms with Crippen molar-refractivity contribution in [3.8, 4) is 0 Å². The summed E-state index contributed by atoms with van der Waals surface area (Å²) < 4.78 is 0. The number of aliphatic hydroxyl groups is 1. The Labute approximate surface area is 233 Å². The molecule has 3 aromatic rings. The summed E-state index contributed by atoms with van der Waals surface area (Å²) in [5.41, 5.74) is 5.07. The van der Waals surface area contributed by atoms with Gasteiger partial charge in [-0.05, 0) is 68.0 Å². The highest BCUT2D eigenvalue weighted by Crippen LogP contribution is 2.15. The van der Waals surface area contributed by atoms with Gasteiger partial charge in [0.05, 0.1) is 12.1 Å². The Morgan fingerprint density at radius 3 is 2.15 bits per heavy atom. The van der Waals surface area contributed by atoms with Gasteiger partial charge in [-0.2, -0.15) is 0 Å². The molecule has 6 nitrogen and oxygen atoms in total. The second kappa shape index (κ2) is 15.2. The van der Waals surface area contributed by atoms with Gasteiger partial charge in [0.2, 0.25) is 0 Å². The molecule has 3 aromatic carbocycles. The maximum absolute atomic E-state index is 13.5. The van der Waals surface area contributed by atoms with Crippen LogP contribution in [-0.4, -0.2) is 53.6 Å². The van der Waals surface area contributed by atoms with Gasteiger partial charge in [-0.15, -0.1) is 0 Å². The smallest absolute Gasteiger partial charge is 0.253 e. The number of hydrogen-bond acceptors (Lipinski definition) is 4. The molecule has 0 heterocycles. The number of aryl methyl sites for hydroxylation is 2. The van der Waals surface area contributed by atoms with Gasteiger partial charge in [-0.1, -0.05) is 74.0 Å². The Balaban J connectivity index is 1.78. The van der Waals surface area contributed by atoms with E-state index in [4.69, 9.17) is 0 Å². The van der Waals surface area contributed by atoms with Gasteiger partial charge >= 0.3 is 0 Å². The van der Waals surface area contributed by atoms with Crippen molar-refractivity contribution in [2.24, 2.45) is 0 Å². The zero-order valence-corrected chi connectivity index (χ0v) is 23.7. The molecule has 208 valence electrons. The number of benzene rings is 3. The lowest BCUT2D eigenvalue weighted by Crippen LogP contribution is -2.48. The van der Waals surface area contributed by atoms with E-state index in [1.54, 1.807) is 12.1 Å². The third-order valence-corrected chi connectivity index (χ3v) is 6.71. The summed E-state index contributed by atoms with van der Waals surface area (Å²) in [6.45, 7) is 10.3. The zero-order valence-electron chi connectivity index (χ0n) is 23.7. The van der Waals surface area contributed by atoms with E-state index in [1.165, 1.54) is 0 Å². The minimum Gasteiger partial charge on any atom is -0.390 e. The molecule has 3 N–H and O–H groups in total. The van der Waals surface area contributed by atoms with Crippen molar-refractivity contribution in [1.82, 2.24) is 15.5 Å². The number of rotatable bonds is 14. The lowest BCUT2D eigenvalue weighted by molar-refractivity contribution is 0.0755. The number of amides is 2. The maximum Gasteiger partial charge on any atom is 0.253 e. The highest BCUT2D eigenvalue weighted by Gasteiger charge is 2.24. The summed E-state index contributed by atoms with van der Waals surface area (Å²) in [7, 11) is 0. The van der Waals surface area contributed by atoms with E-state index >= 15 is 0 Å². The molecule has 6 heteroatoms. The van der Waals surface area contributed by atoms with Crippen LogP contribution in [0.3, 0.4) is 0 Å². The molecule has 0 saturated carbocycles. The lowest BCUT2D eigenvalue weighted by atomic mass is 9.98.